The summed E-state index contributed by atoms with van der Waals surface area (Å²) in [7, 11) is -3.74. The average Bonchev–Trinajstić information content (AvgIpc) is 2.29. The molecule has 0 fully saturated rings. The zero-order valence-electron chi connectivity index (χ0n) is 10.3. The maximum Gasteiger partial charge on any atom is 0.322 e. The Morgan fingerprint density at radius 3 is 2.35 bits per heavy atom. The third kappa shape index (κ3) is 5.09. The van der Waals surface area contributed by atoms with Gasteiger partial charge in [0, 0.05) is 12.0 Å². The van der Waals surface area contributed by atoms with E-state index in [-0.39, 0.29) is 15.6 Å². The monoisotopic (exact) mass is 339 g/mol. The molecule has 1 rings (SSSR count). The van der Waals surface area contributed by atoms with Crippen molar-refractivity contribution in [1.82, 2.24) is 4.72 Å². The number of ketones is 1. The van der Waals surface area contributed by atoms with Gasteiger partial charge >= 0.3 is 5.97 Å². The number of rotatable bonds is 6. The molecule has 0 bridgehead atoms. The Labute approximate surface area is 125 Å². The molecule has 0 aliphatic carbocycles. The van der Waals surface area contributed by atoms with Crippen LogP contribution in [0, 0.1) is 0 Å². The Hall–Kier alpha value is -1.15. The summed E-state index contributed by atoms with van der Waals surface area (Å²) in [6.07, 6.45) is 0.285. The summed E-state index contributed by atoms with van der Waals surface area (Å²) < 4.78 is 24.0. The summed E-state index contributed by atoms with van der Waals surface area (Å²) in [6.45, 7) is 0. The Bertz CT molecular complexity index is 644. The molecule has 1 atom stereocenters. The molecule has 0 saturated heterocycles. The molecule has 0 amide bonds. The molecule has 0 unspecified atom stereocenters. The number of hydrogen-bond acceptors (Lipinski definition) is 4. The van der Waals surface area contributed by atoms with Crippen molar-refractivity contribution >= 4 is 45.0 Å². The minimum absolute atomic E-state index is 0.153. The smallest absolute Gasteiger partial charge is 0.322 e. The van der Waals surface area contributed by atoms with Gasteiger partial charge in [0.2, 0.25) is 10.0 Å². The highest BCUT2D eigenvalue weighted by atomic mass is 35.5. The van der Waals surface area contributed by atoms with Crippen molar-refractivity contribution in [3.8, 4) is 0 Å². The van der Waals surface area contributed by atoms with E-state index in [9.17, 15) is 18.0 Å². The molecule has 1 aromatic carbocycles. The van der Waals surface area contributed by atoms with Gasteiger partial charge in [-0.2, -0.15) is 0 Å². The van der Waals surface area contributed by atoms with Crippen LogP contribution in [0.4, 0.5) is 0 Å². The quantitative estimate of drug-likeness (QED) is 0.766. The van der Waals surface area contributed by atoms with E-state index in [1.54, 1.807) is 0 Å². The Morgan fingerprint density at radius 1 is 1.30 bits per heavy atom. The van der Waals surface area contributed by atoms with Crippen LogP contribution in [0.5, 0.6) is 0 Å². The van der Waals surface area contributed by atoms with Crippen molar-refractivity contribution in [3.05, 3.63) is 33.8 Å². The van der Waals surface area contributed by atoms with Gasteiger partial charge in [-0.3, -0.25) is 9.59 Å². The van der Waals surface area contributed by atoms with Gasteiger partial charge in [-0.05, 0) is 18.2 Å². The van der Waals surface area contributed by atoms with E-state index >= 15 is 0 Å². The van der Waals surface area contributed by atoms with Crippen LogP contribution in [0.1, 0.15) is 16.8 Å². The Balaban J connectivity index is 2.91. The Morgan fingerprint density at radius 2 is 1.90 bits per heavy atom. The van der Waals surface area contributed by atoms with Gasteiger partial charge in [0.15, 0.2) is 5.78 Å². The standard InChI is InChI=1S/C11H11Cl2NO5S/c1-20(18,19)14-9(11(16)17)5-10(15)6-2-3-7(12)8(13)4-6/h2-4,9,14H,5H2,1H3,(H,16,17)/t9-/m1/s1. The lowest BCUT2D eigenvalue weighted by Gasteiger charge is -2.12. The van der Waals surface area contributed by atoms with Crippen molar-refractivity contribution in [2.24, 2.45) is 0 Å². The number of benzene rings is 1. The largest absolute Gasteiger partial charge is 0.480 e. The molecule has 0 heterocycles. The second kappa shape index (κ2) is 6.53. The molecule has 2 N–H and O–H groups in total. The summed E-state index contributed by atoms with van der Waals surface area (Å²) in [4.78, 5) is 22.8. The molecule has 0 aliphatic rings. The SMILES string of the molecule is CS(=O)(=O)N[C@H](CC(=O)c1ccc(Cl)c(Cl)c1)C(=O)O. The van der Waals surface area contributed by atoms with Gasteiger partial charge in [-0.25, -0.2) is 13.1 Å². The average molecular weight is 340 g/mol. The third-order valence-corrected chi connectivity index (χ3v) is 3.74. The molecule has 0 saturated carbocycles. The van der Waals surface area contributed by atoms with Gasteiger partial charge in [-0.15, -0.1) is 0 Å². The van der Waals surface area contributed by atoms with Crippen LogP contribution in [-0.4, -0.2) is 37.6 Å². The van der Waals surface area contributed by atoms with Gasteiger partial charge in [-0.1, -0.05) is 23.2 Å². The van der Waals surface area contributed by atoms with Gasteiger partial charge in [0.05, 0.1) is 16.3 Å². The van der Waals surface area contributed by atoms with Crippen LogP contribution in [0.3, 0.4) is 0 Å². The fourth-order valence-electron chi connectivity index (χ4n) is 1.41. The molecular formula is C11H11Cl2NO5S. The number of carboxylic acid groups (broad SMARTS) is 1. The van der Waals surface area contributed by atoms with E-state index in [0.717, 1.165) is 6.26 Å². The van der Waals surface area contributed by atoms with Gasteiger partial charge in [0.1, 0.15) is 6.04 Å². The fourth-order valence-corrected chi connectivity index (χ4v) is 2.41. The van der Waals surface area contributed by atoms with Crippen molar-refractivity contribution in [2.45, 2.75) is 12.5 Å². The number of sulfonamides is 1. The summed E-state index contributed by atoms with van der Waals surface area (Å²) in [5.74, 6) is -2.00. The number of halogens is 2. The van der Waals surface area contributed by atoms with Crippen LogP contribution in [-0.2, 0) is 14.8 Å². The number of nitrogens with one attached hydrogen (secondary N) is 1. The summed E-state index contributed by atoms with van der Waals surface area (Å²) in [5.41, 5.74) is 0.154. The first-order valence-electron chi connectivity index (χ1n) is 5.28. The second-order valence-corrected chi connectivity index (χ2v) is 6.63. The lowest BCUT2D eigenvalue weighted by atomic mass is 10.0. The normalized spacial score (nSPS) is 12.9. The molecule has 6 nitrogen and oxygen atoms in total. The van der Waals surface area contributed by atoms with Crippen molar-refractivity contribution in [2.75, 3.05) is 6.26 Å². The molecule has 20 heavy (non-hydrogen) atoms. The zero-order chi connectivity index (χ0) is 15.5. The highest BCUT2D eigenvalue weighted by Gasteiger charge is 2.25. The first kappa shape index (κ1) is 16.9. The van der Waals surface area contributed by atoms with Crippen LogP contribution < -0.4 is 4.72 Å². The molecule has 0 aliphatic heterocycles. The van der Waals surface area contributed by atoms with E-state index in [2.05, 4.69) is 0 Å². The van der Waals surface area contributed by atoms with Crippen LogP contribution >= 0.6 is 23.2 Å². The van der Waals surface area contributed by atoms with Crippen LogP contribution in [0.15, 0.2) is 18.2 Å². The molecular weight excluding hydrogens is 329 g/mol. The van der Waals surface area contributed by atoms with E-state index in [4.69, 9.17) is 28.3 Å². The van der Waals surface area contributed by atoms with E-state index < -0.39 is 34.2 Å². The minimum atomic E-state index is -3.74. The van der Waals surface area contributed by atoms with E-state index in [1.807, 2.05) is 4.72 Å². The summed E-state index contributed by atoms with van der Waals surface area (Å²) in [6, 6.07) is 2.55. The number of carboxylic acids is 1. The predicted molar refractivity (Wildman–Crippen MR) is 74.8 cm³/mol. The predicted octanol–water partition coefficient (Wildman–Crippen LogP) is 1.57. The first-order valence-corrected chi connectivity index (χ1v) is 7.93. The molecule has 0 radical (unpaired) electrons. The molecule has 0 aromatic heterocycles. The topological polar surface area (TPSA) is 101 Å². The molecule has 110 valence electrons. The zero-order valence-corrected chi connectivity index (χ0v) is 12.6. The van der Waals surface area contributed by atoms with Gasteiger partial charge < -0.3 is 5.11 Å². The lowest BCUT2D eigenvalue weighted by Crippen LogP contribution is -2.41. The minimum Gasteiger partial charge on any atom is -0.480 e. The number of carbonyl (C=O) groups excluding carboxylic acids is 1. The number of hydrogen-bond donors (Lipinski definition) is 2. The summed E-state index contributed by atoms with van der Waals surface area (Å²) >= 11 is 11.5. The Kier molecular flexibility index (Phi) is 5.52. The van der Waals surface area contributed by atoms with Crippen molar-refractivity contribution in [1.29, 1.82) is 0 Å². The number of Topliss-reactive ketones (excluding diaryl/α,β-unsaturated/α-hetero) is 1. The maximum absolute atomic E-state index is 11.9. The molecule has 9 heteroatoms. The number of carbonyl (C=O) groups is 2. The second-order valence-electron chi connectivity index (χ2n) is 4.04. The van der Waals surface area contributed by atoms with Crippen LogP contribution in [0.2, 0.25) is 10.0 Å². The highest BCUT2D eigenvalue weighted by Crippen LogP contribution is 2.23. The van der Waals surface area contributed by atoms with E-state index in [0.29, 0.717) is 0 Å². The van der Waals surface area contributed by atoms with Crippen molar-refractivity contribution < 1.29 is 23.1 Å². The van der Waals surface area contributed by atoms with Gasteiger partial charge in [0.25, 0.3) is 0 Å². The lowest BCUT2D eigenvalue weighted by molar-refractivity contribution is -0.138. The third-order valence-electron chi connectivity index (χ3n) is 2.29. The molecule has 0 spiro atoms. The van der Waals surface area contributed by atoms with Crippen LogP contribution in [0.25, 0.3) is 0 Å². The summed E-state index contributed by atoms with van der Waals surface area (Å²) in [5, 5.41) is 9.31. The van der Waals surface area contributed by atoms with Crippen molar-refractivity contribution in [3.63, 3.8) is 0 Å². The van der Waals surface area contributed by atoms with E-state index in [1.165, 1.54) is 18.2 Å². The number of aliphatic carboxylic acids is 1. The fraction of sp³-hybridized carbons (Fsp3) is 0.273. The highest BCUT2D eigenvalue weighted by molar-refractivity contribution is 7.88. The molecule has 1 aromatic rings. The maximum atomic E-state index is 11.9. The first-order chi connectivity index (χ1) is 9.10.